The van der Waals surface area contributed by atoms with Crippen LogP contribution in [-0.4, -0.2) is 16.9 Å². The molecule has 0 spiro atoms. The summed E-state index contributed by atoms with van der Waals surface area (Å²) in [7, 11) is 0. The Morgan fingerprint density at radius 3 is 2.36 bits per heavy atom. The van der Waals surface area contributed by atoms with Crippen LogP contribution >= 0.6 is 11.6 Å². The maximum absolute atomic E-state index is 11.1. The number of carbonyl (C=O) groups excluding carboxylic acids is 1. The SMILES string of the molecule is Cc1ccc(C(=O)C(=O)O)c(Cl)c1C. The van der Waals surface area contributed by atoms with Crippen molar-refractivity contribution >= 4 is 23.4 Å². The van der Waals surface area contributed by atoms with E-state index in [-0.39, 0.29) is 10.6 Å². The summed E-state index contributed by atoms with van der Waals surface area (Å²) in [5.41, 5.74) is 1.71. The number of benzene rings is 1. The molecule has 0 aliphatic carbocycles. The number of hydrogen-bond donors (Lipinski definition) is 1. The highest BCUT2D eigenvalue weighted by molar-refractivity contribution is 6.45. The average Bonchev–Trinajstić information content (AvgIpc) is 2.13. The number of Topliss-reactive ketones (excluding diaryl/α,β-unsaturated/α-hetero) is 1. The summed E-state index contributed by atoms with van der Waals surface area (Å²) in [5.74, 6) is -2.46. The van der Waals surface area contributed by atoms with Crippen LogP contribution in [0.2, 0.25) is 5.02 Å². The lowest BCUT2D eigenvalue weighted by molar-refractivity contribution is -0.131. The summed E-state index contributed by atoms with van der Waals surface area (Å²) in [6.45, 7) is 3.59. The third kappa shape index (κ3) is 1.77. The topological polar surface area (TPSA) is 54.4 Å². The Kier molecular flexibility index (Phi) is 2.91. The first-order valence-corrected chi connectivity index (χ1v) is 4.36. The molecule has 14 heavy (non-hydrogen) atoms. The minimum atomic E-state index is -1.49. The minimum absolute atomic E-state index is 0.0438. The van der Waals surface area contributed by atoms with Crippen molar-refractivity contribution in [3.8, 4) is 0 Å². The molecule has 0 heterocycles. The van der Waals surface area contributed by atoms with Crippen molar-refractivity contribution in [2.24, 2.45) is 0 Å². The van der Waals surface area contributed by atoms with Gasteiger partial charge in [-0.15, -0.1) is 0 Å². The van der Waals surface area contributed by atoms with E-state index in [0.717, 1.165) is 11.1 Å². The first-order chi connectivity index (χ1) is 6.45. The minimum Gasteiger partial charge on any atom is -0.475 e. The molecule has 0 unspecified atom stereocenters. The van der Waals surface area contributed by atoms with Crippen LogP contribution in [0.4, 0.5) is 0 Å². The summed E-state index contributed by atoms with van der Waals surface area (Å²) in [6, 6.07) is 3.11. The molecule has 0 saturated heterocycles. The van der Waals surface area contributed by atoms with Crippen LogP contribution in [0, 0.1) is 13.8 Å². The molecule has 1 aromatic carbocycles. The van der Waals surface area contributed by atoms with E-state index < -0.39 is 11.8 Å². The molecule has 0 radical (unpaired) electrons. The van der Waals surface area contributed by atoms with Crippen molar-refractivity contribution in [3.05, 3.63) is 33.8 Å². The molecule has 1 N–H and O–H groups in total. The molecule has 0 aliphatic heterocycles. The van der Waals surface area contributed by atoms with Crippen LogP contribution < -0.4 is 0 Å². The molecule has 0 saturated carbocycles. The predicted molar refractivity (Wildman–Crippen MR) is 52.9 cm³/mol. The molecular formula is C10H9ClO3. The number of carboxylic acids is 1. The van der Waals surface area contributed by atoms with E-state index in [2.05, 4.69) is 0 Å². The number of rotatable bonds is 2. The van der Waals surface area contributed by atoms with E-state index >= 15 is 0 Å². The highest BCUT2D eigenvalue weighted by Gasteiger charge is 2.19. The van der Waals surface area contributed by atoms with Gasteiger partial charge in [0.1, 0.15) is 0 Å². The maximum atomic E-state index is 11.1. The van der Waals surface area contributed by atoms with Crippen LogP contribution in [-0.2, 0) is 4.79 Å². The number of ketones is 1. The fourth-order valence-corrected chi connectivity index (χ4v) is 1.37. The van der Waals surface area contributed by atoms with Gasteiger partial charge in [-0.25, -0.2) is 4.79 Å². The smallest absolute Gasteiger partial charge is 0.377 e. The fraction of sp³-hybridized carbons (Fsp3) is 0.200. The van der Waals surface area contributed by atoms with Gasteiger partial charge in [0.25, 0.3) is 5.78 Å². The van der Waals surface area contributed by atoms with Crippen molar-refractivity contribution in [2.45, 2.75) is 13.8 Å². The van der Waals surface area contributed by atoms with Gasteiger partial charge in [-0.1, -0.05) is 17.7 Å². The van der Waals surface area contributed by atoms with Gasteiger partial charge in [-0.2, -0.15) is 0 Å². The highest BCUT2D eigenvalue weighted by Crippen LogP contribution is 2.23. The first-order valence-electron chi connectivity index (χ1n) is 3.98. The number of aliphatic carboxylic acids is 1. The molecule has 0 bridgehead atoms. The lowest BCUT2D eigenvalue weighted by Crippen LogP contribution is -2.13. The van der Waals surface area contributed by atoms with Crippen LogP contribution in [0.15, 0.2) is 12.1 Å². The van der Waals surface area contributed by atoms with Gasteiger partial charge in [0.15, 0.2) is 0 Å². The quantitative estimate of drug-likeness (QED) is 0.604. The van der Waals surface area contributed by atoms with Gasteiger partial charge in [-0.3, -0.25) is 4.79 Å². The second-order valence-corrected chi connectivity index (χ2v) is 3.38. The molecular weight excluding hydrogens is 204 g/mol. The Hall–Kier alpha value is -1.35. The Labute approximate surface area is 86.3 Å². The molecule has 0 atom stereocenters. The molecule has 0 fully saturated rings. The van der Waals surface area contributed by atoms with Crippen LogP contribution in [0.1, 0.15) is 21.5 Å². The van der Waals surface area contributed by atoms with E-state index in [0.29, 0.717) is 0 Å². The predicted octanol–water partition coefficient (Wildman–Crippen LogP) is 2.22. The summed E-state index contributed by atoms with van der Waals surface area (Å²) < 4.78 is 0. The number of carbonyl (C=O) groups is 2. The lowest BCUT2D eigenvalue weighted by Gasteiger charge is -2.06. The largest absolute Gasteiger partial charge is 0.475 e. The van der Waals surface area contributed by atoms with E-state index in [1.807, 2.05) is 6.92 Å². The number of halogens is 1. The summed E-state index contributed by atoms with van der Waals surface area (Å²) in [6.07, 6.45) is 0. The fourth-order valence-electron chi connectivity index (χ4n) is 1.07. The van der Waals surface area contributed by atoms with Gasteiger partial charge in [0, 0.05) is 5.56 Å². The van der Waals surface area contributed by atoms with Crippen molar-refractivity contribution < 1.29 is 14.7 Å². The molecule has 74 valence electrons. The van der Waals surface area contributed by atoms with Crippen molar-refractivity contribution in [3.63, 3.8) is 0 Å². The number of carboxylic acid groups (broad SMARTS) is 1. The monoisotopic (exact) mass is 212 g/mol. The molecule has 0 aliphatic rings. The first kappa shape index (κ1) is 10.7. The van der Waals surface area contributed by atoms with Crippen LogP contribution in [0.3, 0.4) is 0 Å². The highest BCUT2D eigenvalue weighted by atomic mass is 35.5. The van der Waals surface area contributed by atoms with Crippen molar-refractivity contribution in [2.75, 3.05) is 0 Å². The lowest BCUT2D eigenvalue weighted by atomic mass is 10.0. The summed E-state index contributed by atoms with van der Waals surface area (Å²) in [5, 5.41) is 8.73. The van der Waals surface area contributed by atoms with E-state index in [9.17, 15) is 9.59 Å². The van der Waals surface area contributed by atoms with Gasteiger partial charge in [-0.05, 0) is 31.0 Å². The molecule has 0 aromatic heterocycles. The third-order valence-electron chi connectivity index (χ3n) is 2.10. The Bertz CT molecular complexity index is 410. The number of hydrogen-bond acceptors (Lipinski definition) is 2. The van der Waals surface area contributed by atoms with Gasteiger partial charge < -0.3 is 5.11 Å². The van der Waals surface area contributed by atoms with E-state index in [1.165, 1.54) is 6.07 Å². The average molecular weight is 213 g/mol. The second-order valence-electron chi connectivity index (χ2n) is 3.00. The van der Waals surface area contributed by atoms with Crippen molar-refractivity contribution in [1.82, 2.24) is 0 Å². The van der Waals surface area contributed by atoms with Crippen LogP contribution in [0.25, 0.3) is 0 Å². The van der Waals surface area contributed by atoms with Gasteiger partial charge >= 0.3 is 5.97 Å². The summed E-state index contributed by atoms with van der Waals surface area (Å²) in [4.78, 5) is 21.6. The normalized spacial score (nSPS) is 9.93. The molecule has 3 nitrogen and oxygen atoms in total. The van der Waals surface area contributed by atoms with E-state index in [4.69, 9.17) is 16.7 Å². The van der Waals surface area contributed by atoms with Gasteiger partial charge in [0.05, 0.1) is 5.02 Å². The molecule has 0 amide bonds. The maximum Gasteiger partial charge on any atom is 0.377 e. The van der Waals surface area contributed by atoms with Gasteiger partial charge in [0.2, 0.25) is 0 Å². The zero-order chi connectivity index (χ0) is 10.9. The zero-order valence-corrected chi connectivity index (χ0v) is 8.55. The Morgan fingerprint density at radius 2 is 1.86 bits per heavy atom. The zero-order valence-electron chi connectivity index (χ0n) is 7.80. The van der Waals surface area contributed by atoms with Crippen molar-refractivity contribution in [1.29, 1.82) is 0 Å². The van der Waals surface area contributed by atoms with Crippen LogP contribution in [0.5, 0.6) is 0 Å². The summed E-state index contributed by atoms with van der Waals surface area (Å²) >= 11 is 5.85. The van der Waals surface area contributed by atoms with E-state index in [1.54, 1.807) is 13.0 Å². The molecule has 1 aromatic rings. The molecule has 4 heteroatoms. The Balaban J connectivity index is 3.31. The standard InChI is InChI=1S/C10H9ClO3/c1-5-3-4-7(8(11)6(5)2)9(12)10(13)14/h3-4H,1-2H3,(H,13,14). The molecule has 1 rings (SSSR count). The third-order valence-corrected chi connectivity index (χ3v) is 2.58. The number of aryl methyl sites for hydroxylation is 1. The second kappa shape index (κ2) is 3.80. The Morgan fingerprint density at radius 1 is 1.29 bits per heavy atom.